The first kappa shape index (κ1) is 15.7. The molecule has 0 saturated heterocycles. The summed E-state index contributed by atoms with van der Waals surface area (Å²) in [6.07, 6.45) is -4.65. The van der Waals surface area contributed by atoms with Crippen LogP contribution in [0, 0.1) is 15.9 Å². The second-order valence-corrected chi connectivity index (χ2v) is 3.85. The molecule has 0 saturated carbocycles. The molecule has 1 rings (SSSR count). The molecular weight excluding hydrogens is 288 g/mol. The van der Waals surface area contributed by atoms with Gasteiger partial charge in [-0.2, -0.15) is 13.2 Å². The summed E-state index contributed by atoms with van der Waals surface area (Å²) in [5.74, 6) is -3.13. The minimum atomic E-state index is -4.65. The van der Waals surface area contributed by atoms with Crippen LogP contribution in [0.5, 0.6) is 0 Å². The lowest BCUT2D eigenvalue weighted by molar-refractivity contribution is -0.384. The smallest absolute Gasteiger partial charge is 0.405 e. The second kappa shape index (κ2) is 5.31. The highest BCUT2D eigenvalue weighted by Crippen LogP contribution is 2.32. The SMILES string of the molecule is CN(CC(F)(F)F)c1cc(C(=O)O)c(F)cc1[N+](=O)[O-]. The normalized spacial score (nSPS) is 11.2. The van der Waals surface area contributed by atoms with Gasteiger partial charge < -0.3 is 10.0 Å². The molecule has 1 aromatic carbocycles. The third-order valence-electron chi connectivity index (χ3n) is 2.32. The van der Waals surface area contributed by atoms with E-state index < -0.39 is 46.4 Å². The Morgan fingerprint density at radius 2 is 2.00 bits per heavy atom. The van der Waals surface area contributed by atoms with E-state index in [0.29, 0.717) is 11.0 Å². The molecule has 0 atom stereocenters. The number of aromatic carboxylic acids is 1. The highest BCUT2D eigenvalue weighted by atomic mass is 19.4. The molecule has 0 unspecified atom stereocenters. The van der Waals surface area contributed by atoms with Crippen molar-refractivity contribution < 1.29 is 32.4 Å². The summed E-state index contributed by atoms with van der Waals surface area (Å²) in [5.41, 5.74) is -2.52. The molecule has 10 heteroatoms. The van der Waals surface area contributed by atoms with Crippen molar-refractivity contribution in [3.63, 3.8) is 0 Å². The zero-order valence-corrected chi connectivity index (χ0v) is 9.94. The summed E-state index contributed by atoms with van der Waals surface area (Å²) in [7, 11) is 0.888. The average Bonchev–Trinajstić information content (AvgIpc) is 2.25. The molecule has 0 aliphatic rings. The Morgan fingerprint density at radius 3 is 2.40 bits per heavy atom. The van der Waals surface area contributed by atoms with E-state index in [-0.39, 0.29) is 6.07 Å². The molecule has 0 aliphatic heterocycles. The molecule has 0 radical (unpaired) electrons. The van der Waals surface area contributed by atoms with Gasteiger partial charge in [0, 0.05) is 7.05 Å². The van der Waals surface area contributed by atoms with Gasteiger partial charge >= 0.3 is 12.1 Å². The maximum absolute atomic E-state index is 13.3. The minimum absolute atomic E-state index is 0.283. The highest BCUT2D eigenvalue weighted by Gasteiger charge is 2.32. The van der Waals surface area contributed by atoms with Crippen LogP contribution in [0.15, 0.2) is 12.1 Å². The Bertz CT molecular complexity index is 559. The third-order valence-corrected chi connectivity index (χ3v) is 2.32. The number of carboxylic acid groups (broad SMARTS) is 1. The topological polar surface area (TPSA) is 83.7 Å². The molecule has 0 aliphatic carbocycles. The largest absolute Gasteiger partial charge is 0.478 e. The quantitative estimate of drug-likeness (QED) is 0.524. The van der Waals surface area contributed by atoms with Crippen molar-refractivity contribution in [2.75, 3.05) is 18.5 Å². The van der Waals surface area contributed by atoms with Gasteiger partial charge in [-0.15, -0.1) is 0 Å². The Morgan fingerprint density at radius 1 is 1.45 bits per heavy atom. The Kier molecular flexibility index (Phi) is 4.16. The van der Waals surface area contributed by atoms with Crippen LogP contribution >= 0.6 is 0 Å². The van der Waals surface area contributed by atoms with E-state index in [1.807, 2.05) is 0 Å². The van der Waals surface area contributed by atoms with Crippen molar-refractivity contribution in [3.8, 4) is 0 Å². The van der Waals surface area contributed by atoms with E-state index in [9.17, 15) is 32.5 Å². The van der Waals surface area contributed by atoms with E-state index in [0.717, 1.165) is 7.05 Å². The standard InChI is InChI=1S/C10H8F4N2O4/c1-15(4-10(12,13)14)7-2-5(9(17)18)6(11)3-8(7)16(19)20/h2-3H,4H2,1H3,(H,17,18). The lowest BCUT2D eigenvalue weighted by atomic mass is 10.1. The number of anilines is 1. The number of hydrogen-bond donors (Lipinski definition) is 1. The number of alkyl halides is 3. The monoisotopic (exact) mass is 296 g/mol. The first-order chi connectivity index (χ1) is 9.03. The van der Waals surface area contributed by atoms with Gasteiger partial charge in [-0.25, -0.2) is 9.18 Å². The van der Waals surface area contributed by atoms with Gasteiger partial charge in [-0.1, -0.05) is 0 Å². The average molecular weight is 296 g/mol. The van der Waals surface area contributed by atoms with Crippen LogP contribution in [0.2, 0.25) is 0 Å². The van der Waals surface area contributed by atoms with E-state index >= 15 is 0 Å². The van der Waals surface area contributed by atoms with Crippen LogP contribution < -0.4 is 4.90 Å². The molecule has 1 N–H and O–H groups in total. The Balaban J connectivity index is 3.38. The van der Waals surface area contributed by atoms with E-state index in [4.69, 9.17) is 5.11 Å². The summed E-state index contributed by atoms with van der Waals surface area (Å²) in [5, 5.41) is 19.4. The van der Waals surface area contributed by atoms with Crippen molar-refractivity contribution in [2.24, 2.45) is 0 Å². The van der Waals surface area contributed by atoms with Gasteiger partial charge in [-0.05, 0) is 6.07 Å². The molecule has 20 heavy (non-hydrogen) atoms. The summed E-state index contributed by atoms with van der Waals surface area (Å²) >= 11 is 0. The predicted molar refractivity (Wildman–Crippen MR) is 59.3 cm³/mol. The van der Waals surface area contributed by atoms with Crippen molar-refractivity contribution >= 4 is 17.3 Å². The van der Waals surface area contributed by atoms with Crippen LogP contribution in [0.4, 0.5) is 28.9 Å². The molecule has 6 nitrogen and oxygen atoms in total. The van der Waals surface area contributed by atoms with Crippen molar-refractivity contribution in [1.29, 1.82) is 0 Å². The fourth-order valence-electron chi connectivity index (χ4n) is 1.52. The number of nitro benzene ring substituents is 1. The lowest BCUT2D eigenvalue weighted by Crippen LogP contribution is -2.31. The van der Waals surface area contributed by atoms with Gasteiger partial charge in [0.05, 0.1) is 16.6 Å². The van der Waals surface area contributed by atoms with Gasteiger partial charge in [0.15, 0.2) is 0 Å². The molecule has 0 bridgehead atoms. The molecule has 0 amide bonds. The summed E-state index contributed by atoms with van der Waals surface area (Å²) in [6, 6.07) is 0.785. The minimum Gasteiger partial charge on any atom is -0.478 e. The first-order valence-corrected chi connectivity index (χ1v) is 5.02. The van der Waals surface area contributed by atoms with Crippen molar-refractivity contribution in [2.45, 2.75) is 6.18 Å². The van der Waals surface area contributed by atoms with Crippen LogP contribution in [0.3, 0.4) is 0 Å². The number of nitro groups is 1. The first-order valence-electron chi connectivity index (χ1n) is 5.02. The van der Waals surface area contributed by atoms with Crippen LogP contribution in [0.1, 0.15) is 10.4 Å². The third kappa shape index (κ3) is 3.56. The van der Waals surface area contributed by atoms with Gasteiger partial charge in [0.2, 0.25) is 0 Å². The second-order valence-electron chi connectivity index (χ2n) is 3.85. The molecular formula is C10H8F4N2O4. The van der Waals surface area contributed by atoms with Crippen molar-refractivity contribution in [3.05, 3.63) is 33.6 Å². The fourth-order valence-corrected chi connectivity index (χ4v) is 1.52. The predicted octanol–water partition coefficient (Wildman–Crippen LogP) is 2.43. The number of benzene rings is 1. The summed E-state index contributed by atoms with van der Waals surface area (Å²) in [4.78, 5) is 20.8. The molecule has 0 fully saturated rings. The Hall–Kier alpha value is -2.39. The molecule has 0 heterocycles. The van der Waals surface area contributed by atoms with Gasteiger partial charge in [-0.3, -0.25) is 10.1 Å². The number of carboxylic acids is 1. The number of hydrogen-bond acceptors (Lipinski definition) is 4. The van der Waals surface area contributed by atoms with E-state index in [1.165, 1.54) is 0 Å². The summed E-state index contributed by atoms with van der Waals surface area (Å²) < 4.78 is 50.1. The number of carbonyl (C=O) groups is 1. The molecule has 1 aromatic rings. The number of halogens is 4. The fraction of sp³-hybridized carbons (Fsp3) is 0.300. The van der Waals surface area contributed by atoms with Crippen molar-refractivity contribution in [1.82, 2.24) is 0 Å². The van der Waals surface area contributed by atoms with E-state index in [2.05, 4.69) is 0 Å². The number of nitrogens with zero attached hydrogens (tertiary/aromatic N) is 2. The highest BCUT2D eigenvalue weighted by molar-refractivity contribution is 5.90. The number of rotatable bonds is 4. The zero-order chi connectivity index (χ0) is 15.7. The Labute approximate surface area is 109 Å². The van der Waals surface area contributed by atoms with E-state index in [1.54, 1.807) is 0 Å². The zero-order valence-electron chi connectivity index (χ0n) is 9.94. The van der Waals surface area contributed by atoms with Gasteiger partial charge in [0.25, 0.3) is 5.69 Å². The van der Waals surface area contributed by atoms with Crippen LogP contribution in [-0.2, 0) is 0 Å². The molecule has 0 spiro atoms. The molecule has 110 valence electrons. The maximum Gasteiger partial charge on any atom is 0.405 e. The molecule has 0 aromatic heterocycles. The van der Waals surface area contributed by atoms with Gasteiger partial charge in [0.1, 0.15) is 18.0 Å². The van der Waals surface area contributed by atoms with Crippen LogP contribution in [0.25, 0.3) is 0 Å². The maximum atomic E-state index is 13.3. The van der Waals surface area contributed by atoms with Crippen LogP contribution in [-0.4, -0.2) is 35.8 Å². The summed E-state index contributed by atoms with van der Waals surface area (Å²) in [6.45, 7) is -1.54. The lowest BCUT2D eigenvalue weighted by Gasteiger charge is -2.21.